The molecule has 0 aromatic heterocycles. The molecule has 0 aliphatic carbocycles. The van der Waals surface area contributed by atoms with E-state index in [0.29, 0.717) is 12.1 Å². The van der Waals surface area contributed by atoms with Crippen LogP contribution in [0.1, 0.15) is 11.1 Å². The van der Waals surface area contributed by atoms with E-state index >= 15 is 0 Å². The van der Waals surface area contributed by atoms with Gasteiger partial charge in [0.2, 0.25) is 5.41 Å². The molecule has 0 unspecified atom stereocenters. The molecule has 0 aliphatic heterocycles. The minimum atomic E-state index is -5.69. The lowest BCUT2D eigenvalue weighted by Gasteiger charge is -2.37. The zero-order valence-corrected chi connectivity index (χ0v) is 9.92. The fourth-order valence-electron chi connectivity index (χ4n) is 1.88. The van der Waals surface area contributed by atoms with Crippen LogP contribution in [0.2, 0.25) is 0 Å². The Kier molecular flexibility index (Phi) is 3.74. The fraction of sp³-hybridized carbons (Fsp3) is 0.200. The molecule has 0 heterocycles. The monoisotopic (exact) mass is 296 g/mol. The molecule has 0 nitrogen and oxygen atoms in total. The average Bonchev–Trinajstić information content (AvgIpc) is 2.38. The summed E-state index contributed by atoms with van der Waals surface area (Å²) in [5.41, 5.74) is -6.72. The van der Waals surface area contributed by atoms with Crippen LogP contribution < -0.4 is 0 Å². The van der Waals surface area contributed by atoms with Gasteiger partial charge in [0.25, 0.3) is 0 Å². The molecule has 8 radical (unpaired) electrons. The van der Waals surface area contributed by atoms with Gasteiger partial charge in [-0.15, -0.1) is 0 Å². The summed E-state index contributed by atoms with van der Waals surface area (Å²) in [6, 6.07) is 16.7. The van der Waals surface area contributed by atoms with Gasteiger partial charge in [-0.3, -0.25) is 0 Å². The molecule has 21 heavy (non-hydrogen) atoms. The Morgan fingerprint density at radius 2 is 1.00 bits per heavy atom. The van der Waals surface area contributed by atoms with Gasteiger partial charge >= 0.3 is 12.4 Å². The zero-order valence-electron chi connectivity index (χ0n) is 9.92. The zero-order chi connectivity index (χ0) is 15.7. The van der Waals surface area contributed by atoms with E-state index in [1.807, 2.05) is 36.4 Å². The Labute approximate surface area is 117 Å². The summed E-state index contributed by atoms with van der Waals surface area (Å²) in [7, 11) is 0. The quantitative estimate of drug-likeness (QED) is 0.744. The number of hydrogen-bond acceptors (Lipinski definition) is 0. The van der Waals surface area contributed by atoms with E-state index in [1.165, 1.54) is 0 Å². The molecular weight excluding hydrogens is 294 g/mol. The molecule has 0 fully saturated rings. The second-order valence-corrected chi connectivity index (χ2v) is 3.90. The van der Waals surface area contributed by atoms with Gasteiger partial charge < -0.3 is 0 Å². The maximum Gasteiger partial charge on any atom is 0.411 e. The van der Waals surface area contributed by atoms with Crippen LogP contribution in [-0.4, -0.2) is 12.4 Å². The summed E-state index contributed by atoms with van der Waals surface area (Å²) < 4.78 is 80.4. The van der Waals surface area contributed by atoms with Crippen LogP contribution in [0.15, 0.2) is 12.1 Å². The van der Waals surface area contributed by atoms with E-state index in [4.69, 9.17) is 0 Å². The standard InChI is InChI=1S/C15H2F6/c16-14(17,18)13(15(19,20)21,11-7-3-1-4-8-11)12-9-5-2-6-10-12/h7,9H. The highest BCUT2D eigenvalue weighted by Crippen LogP contribution is 2.55. The van der Waals surface area contributed by atoms with Crippen LogP contribution in [0.25, 0.3) is 0 Å². The highest BCUT2D eigenvalue weighted by atomic mass is 19.4. The SMILES string of the molecule is FC(F)(F)C(c1[c][c][c][c]c1)(c1[c][c][c][c]c1)C(F)(F)F. The van der Waals surface area contributed by atoms with E-state index in [-0.39, 0.29) is 0 Å². The average molecular weight is 296 g/mol. The molecule has 0 atom stereocenters. The second-order valence-electron chi connectivity index (χ2n) is 3.90. The molecule has 6 heteroatoms. The van der Waals surface area contributed by atoms with E-state index in [9.17, 15) is 26.3 Å². The smallest absolute Gasteiger partial charge is 0.169 e. The van der Waals surface area contributed by atoms with Gasteiger partial charge in [0.15, 0.2) is 0 Å². The lowest BCUT2D eigenvalue weighted by molar-refractivity contribution is -0.288. The lowest BCUT2D eigenvalue weighted by atomic mass is 9.73. The van der Waals surface area contributed by atoms with Crippen molar-refractivity contribution in [3.05, 3.63) is 71.8 Å². The minimum Gasteiger partial charge on any atom is -0.169 e. The molecule has 104 valence electrons. The molecule has 2 aromatic rings. The van der Waals surface area contributed by atoms with Crippen LogP contribution in [0.5, 0.6) is 0 Å². The van der Waals surface area contributed by atoms with Crippen LogP contribution in [0.4, 0.5) is 26.3 Å². The molecule has 0 bridgehead atoms. The van der Waals surface area contributed by atoms with Crippen molar-refractivity contribution in [1.82, 2.24) is 0 Å². The fourth-order valence-corrected chi connectivity index (χ4v) is 1.88. The third-order valence-electron chi connectivity index (χ3n) is 2.76. The van der Waals surface area contributed by atoms with Gasteiger partial charge in [-0.1, -0.05) is 0 Å². The van der Waals surface area contributed by atoms with E-state index < -0.39 is 28.9 Å². The van der Waals surface area contributed by atoms with Crippen LogP contribution >= 0.6 is 0 Å². The Balaban J connectivity index is 2.87. The maximum absolute atomic E-state index is 13.4. The highest BCUT2D eigenvalue weighted by molar-refractivity contribution is 5.42. The van der Waals surface area contributed by atoms with E-state index in [2.05, 4.69) is 12.1 Å². The van der Waals surface area contributed by atoms with Crippen molar-refractivity contribution < 1.29 is 26.3 Å². The second kappa shape index (κ2) is 5.09. The van der Waals surface area contributed by atoms with Crippen LogP contribution in [0, 0.1) is 48.5 Å². The molecule has 0 saturated carbocycles. The van der Waals surface area contributed by atoms with Crippen molar-refractivity contribution in [3.63, 3.8) is 0 Å². The first kappa shape index (κ1) is 15.4. The number of benzene rings is 2. The van der Waals surface area contributed by atoms with Gasteiger partial charge in [0, 0.05) is 0 Å². The molecule has 0 aliphatic rings. The summed E-state index contributed by atoms with van der Waals surface area (Å²) in [5, 5.41) is 0. The van der Waals surface area contributed by atoms with Crippen LogP contribution in [-0.2, 0) is 5.41 Å². The van der Waals surface area contributed by atoms with Gasteiger partial charge in [-0.25, -0.2) is 0 Å². The first-order chi connectivity index (χ1) is 9.71. The molecule has 2 aromatic carbocycles. The third kappa shape index (κ3) is 2.39. The number of alkyl halides is 6. The summed E-state index contributed by atoms with van der Waals surface area (Å²) in [4.78, 5) is 0. The summed E-state index contributed by atoms with van der Waals surface area (Å²) in [5.74, 6) is 0. The Morgan fingerprint density at radius 1 is 0.619 bits per heavy atom. The summed E-state index contributed by atoms with van der Waals surface area (Å²) >= 11 is 0. The van der Waals surface area contributed by atoms with Gasteiger partial charge in [-0.2, -0.15) is 26.3 Å². The predicted molar refractivity (Wildman–Crippen MR) is 56.5 cm³/mol. The van der Waals surface area contributed by atoms with Crippen molar-refractivity contribution in [2.45, 2.75) is 17.8 Å². The topological polar surface area (TPSA) is 0 Å². The van der Waals surface area contributed by atoms with Crippen molar-refractivity contribution in [1.29, 1.82) is 0 Å². The van der Waals surface area contributed by atoms with Crippen molar-refractivity contribution in [2.24, 2.45) is 0 Å². The first-order valence-electron chi connectivity index (χ1n) is 5.29. The molecule has 0 N–H and O–H groups in total. The molecule has 0 amide bonds. The highest BCUT2D eigenvalue weighted by Gasteiger charge is 2.72. The van der Waals surface area contributed by atoms with Crippen LogP contribution in [0.3, 0.4) is 0 Å². The van der Waals surface area contributed by atoms with E-state index in [0.717, 1.165) is 0 Å². The first-order valence-corrected chi connectivity index (χ1v) is 5.29. The Morgan fingerprint density at radius 3 is 1.24 bits per heavy atom. The summed E-state index contributed by atoms with van der Waals surface area (Å²) in [6.07, 6.45) is -11.4. The molecule has 0 saturated heterocycles. The summed E-state index contributed by atoms with van der Waals surface area (Å²) in [6.45, 7) is 0. The molecule has 0 spiro atoms. The number of rotatable bonds is 2. The van der Waals surface area contributed by atoms with Gasteiger partial charge in [-0.05, 0) is 71.8 Å². The van der Waals surface area contributed by atoms with Gasteiger partial charge in [0.1, 0.15) is 0 Å². The third-order valence-corrected chi connectivity index (χ3v) is 2.76. The Bertz CT molecular complexity index is 528. The van der Waals surface area contributed by atoms with Crippen molar-refractivity contribution >= 4 is 0 Å². The normalized spacial score (nSPS) is 13.2. The van der Waals surface area contributed by atoms with E-state index in [1.54, 1.807) is 0 Å². The molecular formula is C15H2F6. The van der Waals surface area contributed by atoms with Crippen molar-refractivity contribution in [3.8, 4) is 0 Å². The number of hydrogen-bond donors (Lipinski definition) is 0. The van der Waals surface area contributed by atoms with Crippen molar-refractivity contribution in [2.75, 3.05) is 0 Å². The minimum absolute atomic E-state index is 0.516. The maximum atomic E-state index is 13.4. The number of halogens is 6. The lowest BCUT2D eigenvalue weighted by Crippen LogP contribution is -2.54. The molecule has 2 rings (SSSR count). The largest absolute Gasteiger partial charge is 0.411 e. The van der Waals surface area contributed by atoms with Gasteiger partial charge in [0.05, 0.1) is 0 Å². The Hall–Kier alpha value is -1.98. The predicted octanol–water partition coefficient (Wildman–Crippen LogP) is 3.50.